The number of piperidine rings is 1. The predicted octanol–water partition coefficient (Wildman–Crippen LogP) is 3.04. The second kappa shape index (κ2) is 10.1. The fraction of sp³-hybridized carbons (Fsp3) is 0.783. The van der Waals surface area contributed by atoms with Crippen LogP contribution in [0.25, 0.3) is 0 Å². The minimum absolute atomic E-state index is 0.680. The van der Waals surface area contributed by atoms with Crippen molar-refractivity contribution in [3.05, 3.63) is 30.1 Å². The summed E-state index contributed by atoms with van der Waals surface area (Å²) in [6.45, 7) is 9.38. The molecule has 2 aliphatic heterocycles. The summed E-state index contributed by atoms with van der Waals surface area (Å²) in [5, 5.41) is 0. The maximum absolute atomic E-state index is 4.17. The summed E-state index contributed by atoms with van der Waals surface area (Å²) < 4.78 is 0. The molecule has 3 atom stereocenters. The SMILES string of the molecule is CCN(Cc1ccncc1)C1CCCN(CC2CNNC2C2CCCCC2)C1. The van der Waals surface area contributed by atoms with E-state index >= 15 is 0 Å². The van der Waals surface area contributed by atoms with Gasteiger partial charge >= 0.3 is 0 Å². The van der Waals surface area contributed by atoms with Crippen molar-refractivity contribution in [1.29, 1.82) is 0 Å². The molecule has 2 N–H and O–H groups in total. The first kappa shape index (κ1) is 20.3. The summed E-state index contributed by atoms with van der Waals surface area (Å²) in [4.78, 5) is 9.60. The lowest BCUT2D eigenvalue weighted by atomic mass is 9.79. The average molecular weight is 386 g/mol. The third kappa shape index (κ3) is 5.12. The molecular weight excluding hydrogens is 346 g/mol. The van der Waals surface area contributed by atoms with Gasteiger partial charge in [0.15, 0.2) is 0 Å². The molecule has 3 fully saturated rings. The van der Waals surface area contributed by atoms with E-state index in [0.717, 1.165) is 31.5 Å². The van der Waals surface area contributed by atoms with Crippen LogP contribution in [0.3, 0.4) is 0 Å². The van der Waals surface area contributed by atoms with Crippen molar-refractivity contribution >= 4 is 0 Å². The Labute approximate surface area is 171 Å². The molecule has 1 aromatic rings. The quantitative estimate of drug-likeness (QED) is 0.755. The number of nitrogens with one attached hydrogen (secondary N) is 2. The van der Waals surface area contributed by atoms with Gasteiger partial charge in [-0.3, -0.25) is 20.7 Å². The van der Waals surface area contributed by atoms with Crippen LogP contribution in [-0.4, -0.2) is 59.6 Å². The van der Waals surface area contributed by atoms with Crippen molar-refractivity contribution in [2.75, 3.05) is 32.7 Å². The van der Waals surface area contributed by atoms with Crippen LogP contribution in [0.5, 0.6) is 0 Å². The van der Waals surface area contributed by atoms with Gasteiger partial charge in [-0.05, 0) is 62.4 Å². The number of pyridine rings is 1. The normalized spacial score (nSPS) is 30.1. The van der Waals surface area contributed by atoms with Gasteiger partial charge in [0, 0.05) is 56.6 Å². The molecule has 2 saturated heterocycles. The fourth-order valence-corrected chi connectivity index (χ4v) is 5.78. The molecule has 156 valence electrons. The highest BCUT2D eigenvalue weighted by Gasteiger charge is 2.36. The molecule has 0 spiro atoms. The smallest absolute Gasteiger partial charge is 0.0294 e. The van der Waals surface area contributed by atoms with E-state index in [1.54, 1.807) is 0 Å². The van der Waals surface area contributed by atoms with Gasteiger partial charge in [-0.2, -0.15) is 0 Å². The van der Waals surface area contributed by atoms with Crippen LogP contribution in [-0.2, 0) is 6.54 Å². The third-order valence-electron chi connectivity index (χ3n) is 7.33. The Morgan fingerprint density at radius 1 is 1.11 bits per heavy atom. The van der Waals surface area contributed by atoms with Gasteiger partial charge in [0.05, 0.1) is 0 Å². The van der Waals surface area contributed by atoms with E-state index in [4.69, 9.17) is 0 Å². The molecular formula is C23H39N5. The first-order valence-corrected chi connectivity index (χ1v) is 11.7. The van der Waals surface area contributed by atoms with Gasteiger partial charge in [-0.1, -0.05) is 26.2 Å². The summed E-state index contributed by atoms with van der Waals surface area (Å²) in [6.07, 6.45) is 13.7. The largest absolute Gasteiger partial charge is 0.301 e. The number of likely N-dealkylation sites (tertiary alicyclic amines) is 1. The highest BCUT2D eigenvalue weighted by Crippen LogP contribution is 2.31. The molecule has 5 heteroatoms. The predicted molar refractivity (Wildman–Crippen MR) is 115 cm³/mol. The Kier molecular flexibility index (Phi) is 7.35. The molecule has 1 aromatic heterocycles. The van der Waals surface area contributed by atoms with E-state index in [-0.39, 0.29) is 0 Å². The number of hydrazine groups is 1. The van der Waals surface area contributed by atoms with Gasteiger partial charge in [-0.25, -0.2) is 0 Å². The molecule has 3 aliphatic rings. The molecule has 3 heterocycles. The Morgan fingerprint density at radius 3 is 2.71 bits per heavy atom. The molecule has 5 nitrogen and oxygen atoms in total. The van der Waals surface area contributed by atoms with Crippen LogP contribution >= 0.6 is 0 Å². The van der Waals surface area contributed by atoms with Gasteiger partial charge in [0.2, 0.25) is 0 Å². The zero-order valence-corrected chi connectivity index (χ0v) is 17.7. The summed E-state index contributed by atoms with van der Waals surface area (Å²) in [7, 11) is 0. The van der Waals surface area contributed by atoms with Gasteiger partial charge < -0.3 is 4.90 Å². The minimum atomic E-state index is 0.680. The van der Waals surface area contributed by atoms with Crippen molar-refractivity contribution in [3.63, 3.8) is 0 Å². The van der Waals surface area contributed by atoms with E-state index in [1.807, 2.05) is 12.4 Å². The highest BCUT2D eigenvalue weighted by molar-refractivity contribution is 5.09. The lowest BCUT2D eigenvalue weighted by Crippen LogP contribution is -2.50. The number of nitrogens with zero attached hydrogens (tertiary/aromatic N) is 3. The number of rotatable bonds is 7. The molecule has 1 aliphatic carbocycles. The lowest BCUT2D eigenvalue weighted by molar-refractivity contribution is 0.0812. The molecule has 0 aromatic carbocycles. The van der Waals surface area contributed by atoms with Crippen LogP contribution in [0.4, 0.5) is 0 Å². The lowest BCUT2D eigenvalue weighted by Gasteiger charge is -2.41. The molecule has 0 amide bonds. The van der Waals surface area contributed by atoms with Crippen LogP contribution < -0.4 is 10.9 Å². The van der Waals surface area contributed by atoms with E-state index in [9.17, 15) is 0 Å². The first-order valence-electron chi connectivity index (χ1n) is 11.7. The molecule has 4 rings (SSSR count). The summed E-state index contributed by atoms with van der Waals surface area (Å²) >= 11 is 0. The Bertz CT molecular complexity index is 574. The topological polar surface area (TPSA) is 43.4 Å². The standard InChI is InChI=1S/C23H39N5/c1-2-28(16-19-10-12-24-13-11-19)22-9-6-14-27(18-22)17-21-15-25-26-23(21)20-7-4-3-5-8-20/h10-13,20-23,25-26H,2-9,14-18H2,1H3. The van der Waals surface area contributed by atoms with Crippen LogP contribution in [0.15, 0.2) is 24.5 Å². The first-order chi connectivity index (χ1) is 13.8. The van der Waals surface area contributed by atoms with Crippen molar-refractivity contribution in [2.24, 2.45) is 11.8 Å². The van der Waals surface area contributed by atoms with Crippen LogP contribution in [0, 0.1) is 11.8 Å². The number of hydrogen-bond donors (Lipinski definition) is 2. The maximum atomic E-state index is 4.17. The van der Waals surface area contributed by atoms with Crippen LogP contribution in [0.1, 0.15) is 57.4 Å². The van der Waals surface area contributed by atoms with E-state index < -0.39 is 0 Å². The molecule has 3 unspecified atom stereocenters. The Balaban J connectivity index is 1.32. The maximum Gasteiger partial charge on any atom is 0.0294 e. The second-order valence-electron chi connectivity index (χ2n) is 9.18. The molecule has 0 bridgehead atoms. The second-order valence-corrected chi connectivity index (χ2v) is 9.18. The van der Waals surface area contributed by atoms with E-state index in [1.165, 1.54) is 70.1 Å². The molecule has 1 saturated carbocycles. The zero-order chi connectivity index (χ0) is 19.2. The summed E-state index contributed by atoms with van der Waals surface area (Å²) in [6, 6.07) is 5.68. The van der Waals surface area contributed by atoms with E-state index in [2.05, 4.69) is 44.7 Å². The number of hydrogen-bond acceptors (Lipinski definition) is 5. The molecule has 0 radical (unpaired) electrons. The Morgan fingerprint density at radius 2 is 1.93 bits per heavy atom. The van der Waals surface area contributed by atoms with Gasteiger partial charge in [-0.15, -0.1) is 0 Å². The van der Waals surface area contributed by atoms with Gasteiger partial charge in [0.1, 0.15) is 0 Å². The summed E-state index contributed by atoms with van der Waals surface area (Å²) in [5.74, 6) is 1.64. The van der Waals surface area contributed by atoms with Crippen molar-refractivity contribution in [1.82, 2.24) is 25.6 Å². The third-order valence-corrected chi connectivity index (χ3v) is 7.33. The van der Waals surface area contributed by atoms with E-state index in [0.29, 0.717) is 12.1 Å². The fourth-order valence-electron chi connectivity index (χ4n) is 5.78. The zero-order valence-electron chi connectivity index (χ0n) is 17.7. The molecule has 28 heavy (non-hydrogen) atoms. The Hall–Kier alpha value is -1.01. The number of aromatic nitrogens is 1. The van der Waals surface area contributed by atoms with Crippen LogP contribution in [0.2, 0.25) is 0 Å². The van der Waals surface area contributed by atoms with Crippen molar-refractivity contribution < 1.29 is 0 Å². The van der Waals surface area contributed by atoms with Crippen molar-refractivity contribution in [2.45, 2.75) is 70.5 Å². The van der Waals surface area contributed by atoms with Crippen molar-refractivity contribution in [3.8, 4) is 0 Å². The van der Waals surface area contributed by atoms with Gasteiger partial charge in [0.25, 0.3) is 0 Å². The number of likely N-dealkylation sites (N-methyl/N-ethyl adjacent to an activating group) is 1. The summed E-state index contributed by atoms with van der Waals surface area (Å²) in [5.41, 5.74) is 8.53. The average Bonchev–Trinajstić information content (AvgIpc) is 3.21. The highest BCUT2D eigenvalue weighted by atomic mass is 15.4. The monoisotopic (exact) mass is 385 g/mol. The minimum Gasteiger partial charge on any atom is -0.301 e.